The van der Waals surface area contributed by atoms with Gasteiger partial charge in [-0.1, -0.05) is 0 Å². The molecular weight excluding hydrogens is 304 g/mol. The Labute approximate surface area is 139 Å². The molecule has 0 aromatic heterocycles. The highest BCUT2D eigenvalue weighted by atomic mass is 35.5. The van der Waals surface area contributed by atoms with E-state index < -0.39 is 0 Å². The van der Waals surface area contributed by atoms with Crippen LogP contribution >= 0.6 is 12.4 Å². The lowest BCUT2D eigenvalue weighted by Crippen LogP contribution is -2.54. The van der Waals surface area contributed by atoms with Crippen molar-refractivity contribution in [1.82, 2.24) is 20.0 Å². The first-order valence-electron chi connectivity index (χ1n) is 8.06. The van der Waals surface area contributed by atoms with Crippen LogP contribution in [0, 0.1) is 0 Å². The topological polar surface area (TPSA) is 55.9 Å². The molecular formula is C15H29ClN4O2. The molecule has 2 aliphatic heterocycles. The van der Waals surface area contributed by atoms with Gasteiger partial charge in [0.25, 0.3) is 0 Å². The molecule has 128 valence electrons. The smallest absolute Gasteiger partial charge is 0.236 e. The van der Waals surface area contributed by atoms with E-state index in [1.165, 1.54) is 6.42 Å². The van der Waals surface area contributed by atoms with Crippen molar-refractivity contribution in [3.8, 4) is 0 Å². The number of halogens is 1. The number of hydrogen-bond acceptors (Lipinski definition) is 4. The van der Waals surface area contributed by atoms with Gasteiger partial charge in [0, 0.05) is 38.8 Å². The minimum atomic E-state index is 0. The van der Waals surface area contributed by atoms with Crippen molar-refractivity contribution in [2.24, 2.45) is 0 Å². The van der Waals surface area contributed by atoms with E-state index in [4.69, 9.17) is 0 Å². The molecule has 0 aromatic carbocycles. The fourth-order valence-electron chi connectivity index (χ4n) is 3.17. The lowest BCUT2D eigenvalue weighted by Gasteiger charge is -2.38. The highest BCUT2D eigenvalue weighted by Gasteiger charge is 2.27. The quantitative estimate of drug-likeness (QED) is 0.797. The molecule has 1 atom stereocenters. The molecule has 0 radical (unpaired) electrons. The number of nitrogens with zero attached hydrogens (tertiary/aromatic N) is 3. The Hall–Kier alpha value is -0.850. The number of likely N-dealkylation sites (N-methyl/N-ethyl adjacent to an activating group) is 1. The maximum atomic E-state index is 12.4. The number of carbonyl (C=O) groups is 2. The molecule has 6 nitrogen and oxygen atoms in total. The second-order valence-corrected chi connectivity index (χ2v) is 6.12. The summed E-state index contributed by atoms with van der Waals surface area (Å²) in [5, 5.41) is 2.89. The van der Waals surface area contributed by atoms with Gasteiger partial charge in [-0.25, -0.2) is 0 Å². The first kappa shape index (κ1) is 19.2. The van der Waals surface area contributed by atoms with Crippen LogP contribution in [0.15, 0.2) is 0 Å². The average molecular weight is 333 g/mol. The predicted octanol–water partition coefficient (Wildman–Crippen LogP) is 0.173. The molecule has 7 heteroatoms. The number of piperidine rings is 1. The molecule has 22 heavy (non-hydrogen) atoms. The molecule has 0 bridgehead atoms. The molecule has 2 aliphatic rings. The summed E-state index contributed by atoms with van der Waals surface area (Å²) in [6, 6.07) is 0.379. The van der Waals surface area contributed by atoms with Gasteiger partial charge in [0.05, 0.1) is 13.1 Å². The lowest BCUT2D eigenvalue weighted by atomic mass is 10.0. The molecule has 0 aliphatic carbocycles. The maximum absolute atomic E-state index is 12.4. The molecule has 0 aromatic rings. The number of nitrogens with one attached hydrogen (secondary N) is 1. The second kappa shape index (κ2) is 9.33. The van der Waals surface area contributed by atoms with E-state index in [-0.39, 0.29) is 24.2 Å². The predicted molar refractivity (Wildman–Crippen MR) is 89.2 cm³/mol. The fraction of sp³-hybridized carbons (Fsp3) is 0.867. The van der Waals surface area contributed by atoms with Gasteiger partial charge in [-0.15, -0.1) is 12.4 Å². The second-order valence-electron chi connectivity index (χ2n) is 6.12. The van der Waals surface area contributed by atoms with Crippen molar-refractivity contribution in [3.63, 3.8) is 0 Å². The van der Waals surface area contributed by atoms with E-state index >= 15 is 0 Å². The number of amides is 2. The zero-order valence-electron chi connectivity index (χ0n) is 13.7. The van der Waals surface area contributed by atoms with Crippen LogP contribution in [-0.4, -0.2) is 85.4 Å². The zero-order chi connectivity index (χ0) is 15.2. The fourth-order valence-corrected chi connectivity index (χ4v) is 3.17. The van der Waals surface area contributed by atoms with Crippen molar-refractivity contribution in [3.05, 3.63) is 0 Å². The number of piperazine rings is 1. The van der Waals surface area contributed by atoms with Gasteiger partial charge in [0.1, 0.15) is 0 Å². The molecule has 2 fully saturated rings. The van der Waals surface area contributed by atoms with Crippen LogP contribution in [0.4, 0.5) is 0 Å². The first-order chi connectivity index (χ1) is 10.1. The highest BCUT2D eigenvalue weighted by Crippen LogP contribution is 2.16. The minimum Gasteiger partial charge on any atom is -0.339 e. The van der Waals surface area contributed by atoms with Crippen LogP contribution < -0.4 is 5.32 Å². The summed E-state index contributed by atoms with van der Waals surface area (Å²) in [6.45, 7) is 6.98. The van der Waals surface area contributed by atoms with E-state index in [1.54, 1.807) is 7.05 Å². The number of carbonyl (C=O) groups excluding carboxylic acids is 2. The SMILES string of the molecule is CNCC(=O)N1CCN(CC(=O)N2CCCCC2C)CC1.Cl. The summed E-state index contributed by atoms with van der Waals surface area (Å²) in [6.07, 6.45) is 3.48. The lowest BCUT2D eigenvalue weighted by molar-refractivity contribution is -0.137. The van der Waals surface area contributed by atoms with Crippen LogP contribution in [0.2, 0.25) is 0 Å². The van der Waals surface area contributed by atoms with Gasteiger partial charge in [-0.2, -0.15) is 0 Å². The zero-order valence-corrected chi connectivity index (χ0v) is 14.5. The van der Waals surface area contributed by atoms with Crippen LogP contribution in [0.25, 0.3) is 0 Å². The molecule has 2 heterocycles. The third-order valence-electron chi connectivity index (χ3n) is 4.54. The van der Waals surface area contributed by atoms with E-state index in [1.807, 2.05) is 9.80 Å². The van der Waals surface area contributed by atoms with E-state index in [2.05, 4.69) is 17.1 Å². The van der Waals surface area contributed by atoms with Crippen molar-refractivity contribution < 1.29 is 9.59 Å². The Bertz CT molecular complexity index is 373. The van der Waals surface area contributed by atoms with Crippen molar-refractivity contribution in [1.29, 1.82) is 0 Å². The largest absolute Gasteiger partial charge is 0.339 e. The third kappa shape index (κ3) is 5.11. The van der Waals surface area contributed by atoms with Gasteiger partial charge < -0.3 is 15.1 Å². The number of hydrogen-bond donors (Lipinski definition) is 1. The van der Waals surface area contributed by atoms with Gasteiger partial charge in [-0.05, 0) is 33.2 Å². The number of likely N-dealkylation sites (tertiary alicyclic amines) is 1. The van der Waals surface area contributed by atoms with Crippen molar-refractivity contribution >= 4 is 24.2 Å². The Kier molecular flexibility index (Phi) is 8.14. The minimum absolute atomic E-state index is 0. The summed E-state index contributed by atoms with van der Waals surface area (Å²) < 4.78 is 0. The molecule has 1 N–H and O–H groups in total. The van der Waals surface area contributed by atoms with Gasteiger partial charge in [0.2, 0.25) is 11.8 Å². The van der Waals surface area contributed by atoms with Crippen LogP contribution in [0.5, 0.6) is 0 Å². The average Bonchev–Trinajstić information content (AvgIpc) is 2.48. The molecule has 2 rings (SSSR count). The third-order valence-corrected chi connectivity index (χ3v) is 4.54. The summed E-state index contributed by atoms with van der Waals surface area (Å²) in [4.78, 5) is 30.3. The van der Waals surface area contributed by atoms with Crippen LogP contribution in [-0.2, 0) is 9.59 Å². The van der Waals surface area contributed by atoms with Gasteiger partial charge in [0.15, 0.2) is 0 Å². The number of rotatable bonds is 4. The van der Waals surface area contributed by atoms with Gasteiger partial charge >= 0.3 is 0 Å². The van der Waals surface area contributed by atoms with E-state index in [9.17, 15) is 9.59 Å². The molecule has 0 spiro atoms. The highest BCUT2D eigenvalue weighted by molar-refractivity contribution is 5.85. The molecule has 2 saturated heterocycles. The first-order valence-corrected chi connectivity index (χ1v) is 8.06. The van der Waals surface area contributed by atoms with Crippen molar-refractivity contribution in [2.45, 2.75) is 32.2 Å². The summed E-state index contributed by atoms with van der Waals surface area (Å²) in [7, 11) is 1.78. The van der Waals surface area contributed by atoms with E-state index in [0.717, 1.165) is 45.6 Å². The van der Waals surface area contributed by atoms with E-state index in [0.29, 0.717) is 19.1 Å². The molecule has 0 saturated carbocycles. The Balaban J connectivity index is 0.00000242. The van der Waals surface area contributed by atoms with Crippen LogP contribution in [0.3, 0.4) is 0 Å². The maximum Gasteiger partial charge on any atom is 0.236 e. The monoisotopic (exact) mass is 332 g/mol. The normalized spacial score (nSPS) is 23.1. The Morgan fingerprint density at radius 3 is 2.32 bits per heavy atom. The Morgan fingerprint density at radius 1 is 1.05 bits per heavy atom. The molecule has 2 amide bonds. The van der Waals surface area contributed by atoms with Crippen molar-refractivity contribution in [2.75, 3.05) is 52.9 Å². The summed E-state index contributed by atoms with van der Waals surface area (Å²) in [5.74, 6) is 0.394. The van der Waals surface area contributed by atoms with Crippen LogP contribution in [0.1, 0.15) is 26.2 Å². The molecule has 1 unspecified atom stereocenters. The standard InChI is InChI=1S/C15H28N4O2.ClH/c1-13-5-3-4-6-19(13)15(21)12-17-7-9-18(10-8-17)14(20)11-16-2;/h13,16H,3-12H2,1-2H3;1H. The summed E-state index contributed by atoms with van der Waals surface area (Å²) in [5.41, 5.74) is 0. The Morgan fingerprint density at radius 2 is 1.73 bits per heavy atom. The van der Waals surface area contributed by atoms with Gasteiger partial charge in [-0.3, -0.25) is 14.5 Å². The summed E-state index contributed by atoms with van der Waals surface area (Å²) >= 11 is 0.